The Kier molecular flexibility index (Phi) is 2.16. The Bertz CT molecular complexity index is 246. The lowest BCUT2D eigenvalue weighted by Gasteiger charge is -2.22. The number of hydrogen-bond donors (Lipinski definition) is 2. The lowest BCUT2D eigenvalue weighted by Crippen LogP contribution is -2.37. The molecule has 0 saturated carbocycles. The Morgan fingerprint density at radius 2 is 2.17 bits per heavy atom. The fourth-order valence-corrected chi connectivity index (χ4v) is 0.867. The Hall–Kier alpha value is -1.33. The largest absolute Gasteiger partial charge is 0.393 e. The van der Waals surface area contributed by atoms with Crippen molar-refractivity contribution in [1.82, 2.24) is 10.8 Å². The lowest BCUT2D eigenvalue weighted by molar-refractivity contribution is -0.0245. The molecule has 1 aliphatic heterocycles. The summed E-state index contributed by atoms with van der Waals surface area (Å²) in [6.45, 7) is 3.53. The number of hydrogen-bond acceptors (Lipinski definition) is 4. The van der Waals surface area contributed by atoms with Crippen molar-refractivity contribution in [1.29, 1.82) is 0 Å². The molecule has 1 rings (SSSR count). The zero-order chi connectivity index (χ0) is 9.30. The van der Waals surface area contributed by atoms with Crippen LogP contribution in [0.25, 0.3) is 0 Å². The average Bonchev–Trinajstić information content (AvgIpc) is 1.96. The highest BCUT2D eigenvalue weighted by Crippen LogP contribution is 2.15. The fourth-order valence-electron chi connectivity index (χ4n) is 0.867. The third-order valence-electron chi connectivity index (χ3n) is 1.48. The van der Waals surface area contributed by atoms with Gasteiger partial charge in [-0.3, -0.25) is 5.43 Å². The van der Waals surface area contributed by atoms with Crippen LogP contribution in [0.1, 0.15) is 13.8 Å². The Morgan fingerprint density at radius 3 is 2.67 bits per heavy atom. The van der Waals surface area contributed by atoms with Gasteiger partial charge in [-0.15, -0.1) is 0 Å². The van der Waals surface area contributed by atoms with Crippen LogP contribution in [-0.2, 0) is 0 Å². The van der Waals surface area contributed by atoms with Gasteiger partial charge in [-0.2, -0.15) is 4.39 Å². The van der Waals surface area contributed by atoms with Crippen LogP contribution < -0.4 is 11.2 Å². The minimum absolute atomic E-state index is 0.0792. The minimum Gasteiger partial charge on any atom is -0.393 e. The number of rotatable bonds is 1. The molecule has 0 bridgehead atoms. The van der Waals surface area contributed by atoms with E-state index >= 15 is 0 Å². The first-order valence-corrected chi connectivity index (χ1v) is 3.49. The SMILES string of the molecule is CC(C)C1=C(N)C(F)=NN(F)N1. The lowest BCUT2D eigenvalue weighted by atomic mass is 10.1. The Balaban J connectivity index is 2.96. The maximum Gasteiger partial charge on any atom is 0.260 e. The Labute approximate surface area is 68.6 Å². The standard InChI is InChI=1S/C6H10F2N4/c1-3(2)5-4(9)6(7)11-12(8)10-5/h3,10H,9H2,1-2H3. The first-order chi connectivity index (χ1) is 5.52. The first kappa shape index (κ1) is 8.76. The predicted molar refractivity (Wildman–Crippen MR) is 40.7 cm³/mol. The van der Waals surface area contributed by atoms with E-state index in [0.717, 1.165) is 0 Å². The molecule has 0 saturated heterocycles. The van der Waals surface area contributed by atoms with Crippen LogP contribution in [0.2, 0.25) is 0 Å². The van der Waals surface area contributed by atoms with Gasteiger partial charge >= 0.3 is 0 Å². The maximum absolute atomic E-state index is 12.7. The molecule has 0 fully saturated rings. The van der Waals surface area contributed by atoms with E-state index in [-0.39, 0.29) is 17.0 Å². The molecule has 0 atom stereocenters. The van der Waals surface area contributed by atoms with Crippen LogP contribution in [0.4, 0.5) is 8.87 Å². The van der Waals surface area contributed by atoms with Gasteiger partial charge < -0.3 is 5.73 Å². The molecule has 0 radical (unpaired) electrons. The molecular formula is C6H10F2N4. The van der Waals surface area contributed by atoms with Gasteiger partial charge in [0.2, 0.25) is 0 Å². The van der Waals surface area contributed by atoms with Crippen molar-refractivity contribution in [3.63, 3.8) is 0 Å². The van der Waals surface area contributed by atoms with Crippen LogP contribution in [0.15, 0.2) is 16.5 Å². The maximum atomic E-state index is 12.7. The molecule has 0 spiro atoms. The molecule has 3 N–H and O–H groups in total. The molecule has 0 aliphatic carbocycles. The first-order valence-electron chi connectivity index (χ1n) is 3.49. The number of nitrogens with zero attached hydrogens (tertiary/aromatic N) is 2. The fraction of sp³-hybridized carbons (Fsp3) is 0.500. The van der Waals surface area contributed by atoms with Gasteiger partial charge in [0, 0.05) is 0 Å². The highest BCUT2D eigenvalue weighted by atomic mass is 19.2. The van der Waals surface area contributed by atoms with Crippen molar-refractivity contribution in [3.8, 4) is 0 Å². The summed E-state index contributed by atoms with van der Waals surface area (Å²) in [5, 5.41) is 2.63. The summed E-state index contributed by atoms with van der Waals surface area (Å²) in [5.74, 6) is -1.08. The molecule has 1 aliphatic rings. The number of hydrazine groups is 1. The van der Waals surface area contributed by atoms with Crippen molar-refractivity contribution >= 4 is 5.97 Å². The van der Waals surface area contributed by atoms with E-state index in [1.54, 1.807) is 13.8 Å². The topological polar surface area (TPSA) is 53.6 Å². The monoisotopic (exact) mass is 176 g/mol. The third-order valence-corrected chi connectivity index (χ3v) is 1.48. The van der Waals surface area contributed by atoms with E-state index in [9.17, 15) is 8.87 Å². The summed E-state index contributed by atoms with van der Waals surface area (Å²) in [5.41, 5.74) is 7.65. The average molecular weight is 176 g/mol. The second-order valence-electron chi connectivity index (χ2n) is 2.74. The van der Waals surface area contributed by atoms with Crippen LogP contribution >= 0.6 is 0 Å². The van der Waals surface area contributed by atoms with Gasteiger partial charge in [0.15, 0.2) is 0 Å². The number of hydrazone groups is 1. The van der Waals surface area contributed by atoms with Crippen molar-refractivity contribution in [2.75, 3.05) is 0 Å². The van der Waals surface area contributed by atoms with Crippen molar-refractivity contribution in [2.24, 2.45) is 16.8 Å². The van der Waals surface area contributed by atoms with E-state index in [1.165, 1.54) is 0 Å². The second kappa shape index (κ2) is 2.96. The number of allylic oxidation sites excluding steroid dienone is 2. The summed E-state index contributed by atoms with van der Waals surface area (Å²) in [4.78, 5) is 0. The molecule has 0 aromatic heterocycles. The van der Waals surface area contributed by atoms with Crippen LogP contribution in [-0.4, -0.2) is 11.3 Å². The molecule has 12 heavy (non-hydrogen) atoms. The predicted octanol–water partition coefficient (Wildman–Crippen LogP) is 0.800. The number of nitrogens with one attached hydrogen (secondary N) is 1. The summed E-state index contributed by atoms with van der Waals surface area (Å²) in [7, 11) is 0. The zero-order valence-corrected chi connectivity index (χ0v) is 6.81. The summed E-state index contributed by atoms with van der Waals surface area (Å²) < 4.78 is 25.1. The molecule has 0 aromatic carbocycles. The van der Waals surface area contributed by atoms with Gasteiger partial charge in [-0.1, -0.05) is 23.4 Å². The normalized spacial score (nSPS) is 18.1. The minimum atomic E-state index is -1.00. The molecule has 6 heteroatoms. The van der Waals surface area contributed by atoms with Crippen LogP contribution in [0.5, 0.6) is 0 Å². The molecule has 68 valence electrons. The molecular weight excluding hydrogens is 166 g/mol. The molecule has 0 aromatic rings. The van der Waals surface area contributed by atoms with E-state index in [2.05, 4.69) is 10.5 Å². The second-order valence-corrected chi connectivity index (χ2v) is 2.74. The van der Waals surface area contributed by atoms with Crippen LogP contribution in [0.3, 0.4) is 0 Å². The molecule has 0 amide bonds. The quantitative estimate of drug-likeness (QED) is 0.581. The molecule has 0 unspecified atom stereocenters. The van der Waals surface area contributed by atoms with Crippen molar-refractivity contribution < 1.29 is 8.87 Å². The summed E-state index contributed by atoms with van der Waals surface area (Å²) in [6.07, 6.45) is 0. The smallest absolute Gasteiger partial charge is 0.260 e. The van der Waals surface area contributed by atoms with E-state index in [4.69, 9.17) is 5.73 Å². The van der Waals surface area contributed by atoms with Gasteiger partial charge in [0.05, 0.1) is 5.70 Å². The van der Waals surface area contributed by atoms with Gasteiger partial charge in [-0.25, -0.2) is 0 Å². The Morgan fingerprint density at radius 1 is 1.58 bits per heavy atom. The third kappa shape index (κ3) is 1.46. The van der Waals surface area contributed by atoms with Crippen molar-refractivity contribution in [2.45, 2.75) is 13.8 Å². The van der Waals surface area contributed by atoms with Gasteiger partial charge in [0.25, 0.3) is 5.97 Å². The number of halogens is 2. The van der Waals surface area contributed by atoms with Crippen molar-refractivity contribution in [3.05, 3.63) is 11.4 Å². The highest BCUT2D eigenvalue weighted by molar-refractivity contribution is 5.92. The highest BCUT2D eigenvalue weighted by Gasteiger charge is 2.21. The van der Waals surface area contributed by atoms with E-state index in [0.29, 0.717) is 5.70 Å². The molecule has 1 heterocycles. The van der Waals surface area contributed by atoms with Crippen LogP contribution in [0, 0.1) is 5.92 Å². The van der Waals surface area contributed by atoms with Gasteiger partial charge in [-0.05, 0) is 11.3 Å². The molecule has 4 nitrogen and oxygen atoms in total. The van der Waals surface area contributed by atoms with E-state index in [1.807, 2.05) is 0 Å². The summed E-state index contributed by atoms with van der Waals surface area (Å²) >= 11 is 0. The van der Waals surface area contributed by atoms with E-state index < -0.39 is 5.97 Å². The van der Waals surface area contributed by atoms with Gasteiger partial charge in [0.1, 0.15) is 5.70 Å². The number of nitrogens with two attached hydrogens (primary N) is 1. The zero-order valence-electron chi connectivity index (χ0n) is 6.81. The summed E-state index contributed by atoms with van der Waals surface area (Å²) in [6, 6.07) is 0.